The Balaban J connectivity index is 2.29. The van der Waals surface area contributed by atoms with E-state index in [0.29, 0.717) is 11.9 Å². The molecule has 25 heavy (non-hydrogen) atoms. The molecule has 1 aliphatic rings. The van der Waals surface area contributed by atoms with Crippen molar-refractivity contribution in [1.82, 2.24) is 0 Å². The number of halogens is 3. The van der Waals surface area contributed by atoms with Crippen LogP contribution < -0.4 is 16.4 Å². The Labute approximate surface area is 140 Å². The number of benzene rings is 1. The number of carbonyl (C=O) groups is 2. The predicted octanol–water partition coefficient (Wildman–Crippen LogP) is 2.44. The number of nitrogens with two attached hydrogens (primary N) is 1. The van der Waals surface area contributed by atoms with Crippen LogP contribution in [0.15, 0.2) is 60.5 Å². The first-order valence-corrected chi connectivity index (χ1v) is 6.95. The van der Waals surface area contributed by atoms with Gasteiger partial charge in [-0.25, -0.2) is 0 Å². The molecule has 0 spiro atoms. The van der Waals surface area contributed by atoms with Gasteiger partial charge < -0.3 is 21.1 Å². The molecule has 0 aromatic heterocycles. The largest absolute Gasteiger partial charge is 0.483 e. The summed E-state index contributed by atoms with van der Waals surface area (Å²) in [5.41, 5.74) is 4.21. The van der Waals surface area contributed by atoms with Crippen LogP contribution in [-0.2, 0) is 14.3 Å². The van der Waals surface area contributed by atoms with Gasteiger partial charge in [0.1, 0.15) is 5.57 Å². The molecule has 0 radical (unpaired) electrons. The average Bonchev–Trinajstić information content (AvgIpc) is 2.53. The molecule has 0 saturated heterocycles. The van der Waals surface area contributed by atoms with E-state index >= 15 is 0 Å². The lowest BCUT2D eigenvalue weighted by Crippen LogP contribution is -2.33. The highest BCUT2D eigenvalue weighted by Crippen LogP contribution is 2.34. The van der Waals surface area contributed by atoms with E-state index in [-0.39, 0.29) is 11.4 Å². The Kier molecular flexibility index (Phi) is 5.16. The molecule has 2 amide bonds. The zero-order valence-electron chi connectivity index (χ0n) is 12.8. The smallest absolute Gasteiger partial charge is 0.421 e. The van der Waals surface area contributed by atoms with E-state index in [4.69, 9.17) is 10.5 Å². The second-order valence-electron chi connectivity index (χ2n) is 4.97. The van der Waals surface area contributed by atoms with Gasteiger partial charge >= 0.3 is 6.18 Å². The number of rotatable bonds is 5. The Morgan fingerprint density at radius 2 is 1.96 bits per heavy atom. The minimum absolute atomic E-state index is 0.258. The van der Waals surface area contributed by atoms with E-state index in [2.05, 4.69) is 17.2 Å². The van der Waals surface area contributed by atoms with Gasteiger partial charge in [0.2, 0.25) is 5.91 Å². The van der Waals surface area contributed by atoms with Crippen LogP contribution in [0.4, 0.5) is 24.5 Å². The van der Waals surface area contributed by atoms with Gasteiger partial charge in [0, 0.05) is 11.4 Å². The summed E-state index contributed by atoms with van der Waals surface area (Å²) in [5.74, 6) is -1.39. The molecule has 0 fully saturated rings. The topological polar surface area (TPSA) is 93.5 Å². The minimum atomic E-state index is -4.70. The number of nitrogens with one attached hydrogen (secondary N) is 2. The number of carbonyl (C=O) groups excluding carboxylic acids is 2. The molecule has 1 heterocycles. The third-order valence-electron chi connectivity index (χ3n) is 3.12. The molecule has 0 saturated carbocycles. The molecule has 1 aromatic rings. The SMILES string of the molecule is C=CC(=O)Nc1cccc(NC2=CC(C(N)=O)OC=C2C(F)(F)F)c1. The predicted molar refractivity (Wildman–Crippen MR) is 85.2 cm³/mol. The summed E-state index contributed by atoms with van der Waals surface area (Å²) >= 11 is 0. The molecular weight excluding hydrogens is 339 g/mol. The van der Waals surface area contributed by atoms with Crippen molar-refractivity contribution in [2.75, 3.05) is 10.6 Å². The van der Waals surface area contributed by atoms with Crippen molar-refractivity contribution in [2.45, 2.75) is 12.3 Å². The molecular formula is C16H14F3N3O3. The fourth-order valence-corrected chi connectivity index (χ4v) is 1.99. The van der Waals surface area contributed by atoms with Gasteiger partial charge in [0.05, 0.1) is 12.0 Å². The van der Waals surface area contributed by atoms with Crippen LogP contribution in [0.3, 0.4) is 0 Å². The summed E-state index contributed by atoms with van der Waals surface area (Å²) in [6, 6.07) is 6.00. The summed E-state index contributed by atoms with van der Waals surface area (Å²) < 4.78 is 44.0. The Morgan fingerprint density at radius 3 is 2.56 bits per heavy atom. The lowest BCUT2D eigenvalue weighted by Gasteiger charge is -2.23. The first kappa shape index (κ1) is 18.1. The number of alkyl halides is 3. The Hall–Kier alpha value is -3.23. The molecule has 1 aromatic carbocycles. The van der Waals surface area contributed by atoms with Crippen molar-refractivity contribution in [3.63, 3.8) is 0 Å². The summed E-state index contributed by atoms with van der Waals surface area (Å²) in [4.78, 5) is 22.5. The lowest BCUT2D eigenvalue weighted by molar-refractivity contribution is -0.125. The average molecular weight is 353 g/mol. The van der Waals surface area contributed by atoms with Gasteiger partial charge in [-0.1, -0.05) is 12.6 Å². The van der Waals surface area contributed by atoms with Crippen molar-refractivity contribution >= 4 is 23.2 Å². The number of anilines is 2. The summed E-state index contributed by atoms with van der Waals surface area (Å²) in [6.45, 7) is 3.31. The quantitative estimate of drug-likeness (QED) is 0.709. The molecule has 1 atom stereocenters. The molecule has 0 aliphatic carbocycles. The highest BCUT2D eigenvalue weighted by atomic mass is 19.4. The summed E-state index contributed by atoms with van der Waals surface area (Å²) in [6.07, 6.45) is -3.57. The molecule has 1 unspecified atom stereocenters. The van der Waals surface area contributed by atoms with Gasteiger partial charge in [0.15, 0.2) is 6.10 Å². The van der Waals surface area contributed by atoms with Crippen molar-refractivity contribution < 1.29 is 27.5 Å². The number of hydrogen-bond acceptors (Lipinski definition) is 4. The van der Waals surface area contributed by atoms with E-state index in [0.717, 1.165) is 12.2 Å². The zero-order valence-corrected chi connectivity index (χ0v) is 12.8. The van der Waals surface area contributed by atoms with Gasteiger partial charge in [-0.2, -0.15) is 13.2 Å². The lowest BCUT2D eigenvalue weighted by atomic mass is 10.1. The summed E-state index contributed by atoms with van der Waals surface area (Å²) in [7, 11) is 0. The number of ether oxygens (including phenoxy) is 1. The van der Waals surface area contributed by atoms with Crippen LogP contribution >= 0.6 is 0 Å². The third-order valence-corrected chi connectivity index (χ3v) is 3.12. The monoisotopic (exact) mass is 353 g/mol. The maximum atomic E-state index is 13.1. The van der Waals surface area contributed by atoms with Crippen LogP contribution in [0, 0.1) is 0 Å². The minimum Gasteiger partial charge on any atom is -0.483 e. The molecule has 2 rings (SSSR count). The van der Waals surface area contributed by atoms with E-state index < -0.39 is 29.7 Å². The van der Waals surface area contributed by atoms with Crippen molar-refractivity contribution in [3.8, 4) is 0 Å². The maximum Gasteiger partial charge on any atom is 0.421 e. The second-order valence-corrected chi connectivity index (χ2v) is 4.97. The first-order valence-electron chi connectivity index (χ1n) is 6.95. The van der Waals surface area contributed by atoms with Crippen molar-refractivity contribution in [1.29, 1.82) is 0 Å². The number of primary amides is 1. The number of hydrogen-bond donors (Lipinski definition) is 3. The van der Waals surface area contributed by atoms with E-state index in [1.54, 1.807) is 6.07 Å². The molecule has 9 heteroatoms. The molecule has 6 nitrogen and oxygen atoms in total. The van der Waals surface area contributed by atoms with Crippen LogP contribution in [0.5, 0.6) is 0 Å². The Morgan fingerprint density at radius 1 is 1.28 bits per heavy atom. The highest BCUT2D eigenvalue weighted by molar-refractivity contribution is 5.99. The van der Waals surface area contributed by atoms with Crippen LogP contribution in [-0.4, -0.2) is 24.1 Å². The first-order chi connectivity index (χ1) is 11.7. The number of allylic oxidation sites excluding steroid dienone is 1. The zero-order chi connectivity index (χ0) is 18.6. The number of amides is 2. The van der Waals surface area contributed by atoms with E-state index in [1.165, 1.54) is 18.2 Å². The molecule has 132 valence electrons. The second kappa shape index (κ2) is 7.12. The van der Waals surface area contributed by atoms with Crippen molar-refractivity contribution in [3.05, 3.63) is 60.5 Å². The summed E-state index contributed by atoms with van der Waals surface area (Å²) in [5, 5.41) is 5.05. The van der Waals surface area contributed by atoms with Gasteiger partial charge in [-0.05, 0) is 30.4 Å². The van der Waals surface area contributed by atoms with E-state index in [1.807, 2.05) is 0 Å². The van der Waals surface area contributed by atoms with Crippen molar-refractivity contribution in [2.24, 2.45) is 5.73 Å². The van der Waals surface area contributed by atoms with E-state index in [9.17, 15) is 22.8 Å². The van der Waals surface area contributed by atoms with Crippen LogP contribution in [0.1, 0.15) is 0 Å². The fourth-order valence-electron chi connectivity index (χ4n) is 1.99. The van der Waals surface area contributed by atoms with Gasteiger partial charge in [0.25, 0.3) is 5.91 Å². The van der Waals surface area contributed by atoms with Gasteiger partial charge in [-0.3, -0.25) is 9.59 Å². The molecule has 0 bridgehead atoms. The van der Waals surface area contributed by atoms with Crippen LogP contribution in [0.2, 0.25) is 0 Å². The fraction of sp³-hybridized carbons (Fsp3) is 0.125. The standard InChI is InChI=1S/C16H14F3N3O3/c1-2-14(23)22-10-5-3-4-9(6-10)21-12-7-13(15(20)24)25-8-11(12)16(17,18)19/h2-8,13,21H,1H2,(H2,20,24)(H,22,23). The third kappa shape index (κ3) is 4.63. The molecule has 1 aliphatic heterocycles. The van der Waals surface area contributed by atoms with Crippen LogP contribution in [0.25, 0.3) is 0 Å². The highest BCUT2D eigenvalue weighted by Gasteiger charge is 2.39. The Bertz CT molecular complexity index is 769. The van der Waals surface area contributed by atoms with Gasteiger partial charge in [-0.15, -0.1) is 0 Å². The molecule has 4 N–H and O–H groups in total. The normalized spacial score (nSPS) is 16.8. The maximum absolute atomic E-state index is 13.1.